The Balaban J connectivity index is 2.56. The SMILES string of the molecule is CCOC(=O)C1(C(=O)OCC)[C@H](C=O)[C@H]1c1ccccc1[N+](=O)[O-]. The van der Waals surface area contributed by atoms with Crippen molar-refractivity contribution in [3.05, 3.63) is 39.9 Å². The Hall–Kier alpha value is -2.77. The molecule has 1 aliphatic rings. The fourth-order valence-electron chi connectivity index (χ4n) is 3.07. The molecular weight excluding hydrogens is 318 g/mol. The van der Waals surface area contributed by atoms with E-state index in [4.69, 9.17) is 9.47 Å². The molecule has 2 rings (SSSR count). The molecule has 0 amide bonds. The van der Waals surface area contributed by atoms with Crippen molar-refractivity contribution in [2.24, 2.45) is 11.3 Å². The highest BCUT2D eigenvalue weighted by molar-refractivity contribution is 6.09. The van der Waals surface area contributed by atoms with Crippen molar-refractivity contribution in [1.82, 2.24) is 0 Å². The molecule has 0 spiro atoms. The monoisotopic (exact) mass is 335 g/mol. The van der Waals surface area contributed by atoms with E-state index in [1.54, 1.807) is 19.9 Å². The third-order valence-electron chi connectivity index (χ3n) is 4.11. The van der Waals surface area contributed by atoms with Gasteiger partial charge in [-0.05, 0) is 13.8 Å². The summed E-state index contributed by atoms with van der Waals surface area (Å²) in [6.45, 7) is 3.15. The van der Waals surface area contributed by atoms with Crippen molar-refractivity contribution in [3.8, 4) is 0 Å². The van der Waals surface area contributed by atoms with Crippen LogP contribution in [0.25, 0.3) is 0 Å². The number of aldehydes is 1. The van der Waals surface area contributed by atoms with Gasteiger partial charge >= 0.3 is 11.9 Å². The van der Waals surface area contributed by atoms with Gasteiger partial charge in [-0.2, -0.15) is 0 Å². The van der Waals surface area contributed by atoms with Gasteiger partial charge in [-0.25, -0.2) is 0 Å². The number of rotatable bonds is 7. The second-order valence-electron chi connectivity index (χ2n) is 5.27. The normalized spacial score (nSPS) is 20.8. The van der Waals surface area contributed by atoms with Gasteiger partial charge < -0.3 is 14.3 Å². The molecule has 0 N–H and O–H groups in total. The van der Waals surface area contributed by atoms with Crippen LogP contribution in [0.15, 0.2) is 24.3 Å². The molecule has 0 bridgehead atoms. The van der Waals surface area contributed by atoms with Gasteiger partial charge in [0.15, 0.2) is 5.41 Å². The minimum Gasteiger partial charge on any atom is -0.465 e. The van der Waals surface area contributed by atoms with E-state index in [2.05, 4.69) is 0 Å². The van der Waals surface area contributed by atoms with Crippen LogP contribution in [0.1, 0.15) is 25.3 Å². The average Bonchev–Trinajstić information content (AvgIpc) is 3.25. The first-order valence-electron chi connectivity index (χ1n) is 7.49. The van der Waals surface area contributed by atoms with E-state index in [9.17, 15) is 24.5 Å². The van der Waals surface area contributed by atoms with Gasteiger partial charge in [-0.15, -0.1) is 0 Å². The number of benzene rings is 1. The molecule has 1 fully saturated rings. The molecule has 1 aromatic carbocycles. The standard InChI is InChI=1S/C16H17NO7/c1-3-23-14(19)16(15(20)24-4-2)11(9-18)13(16)10-7-5-6-8-12(10)17(21)22/h5-9,11,13H,3-4H2,1-2H3/t11-,13-/m1/s1. The number of esters is 2. The van der Waals surface area contributed by atoms with Gasteiger partial charge in [0.1, 0.15) is 6.29 Å². The van der Waals surface area contributed by atoms with Crippen molar-refractivity contribution in [2.75, 3.05) is 13.2 Å². The van der Waals surface area contributed by atoms with Crippen LogP contribution < -0.4 is 0 Å². The van der Waals surface area contributed by atoms with Gasteiger partial charge in [-0.3, -0.25) is 19.7 Å². The highest BCUT2D eigenvalue weighted by atomic mass is 16.6. The lowest BCUT2D eigenvalue weighted by molar-refractivity contribution is -0.385. The first-order valence-corrected chi connectivity index (χ1v) is 7.49. The van der Waals surface area contributed by atoms with E-state index in [1.165, 1.54) is 18.2 Å². The maximum absolute atomic E-state index is 12.4. The molecule has 1 aromatic rings. The Kier molecular flexibility index (Phi) is 4.96. The molecule has 128 valence electrons. The van der Waals surface area contributed by atoms with Crippen molar-refractivity contribution < 1.29 is 28.8 Å². The molecule has 0 heterocycles. The summed E-state index contributed by atoms with van der Waals surface area (Å²) in [5.41, 5.74) is -1.98. The summed E-state index contributed by atoms with van der Waals surface area (Å²) in [6.07, 6.45) is 0.454. The molecule has 8 nitrogen and oxygen atoms in total. The zero-order chi connectivity index (χ0) is 17.9. The Bertz CT molecular complexity index is 667. The maximum atomic E-state index is 12.4. The summed E-state index contributed by atoms with van der Waals surface area (Å²) in [6, 6.07) is 5.70. The third kappa shape index (κ3) is 2.53. The predicted octanol–water partition coefficient (Wildman–Crippen LogP) is 1.62. The lowest BCUT2D eigenvalue weighted by Crippen LogP contribution is -2.33. The first kappa shape index (κ1) is 17.6. The summed E-state index contributed by atoms with van der Waals surface area (Å²) in [4.78, 5) is 47.0. The minimum atomic E-state index is -1.86. The molecular formula is C16H17NO7. The van der Waals surface area contributed by atoms with E-state index < -0.39 is 34.1 Å². The van der Waals surface area contributed by atoms with Crippen molar-refractivity contribution in [3.63, 3.8) is 0 Å². The lowest BCUT2D eigenvalue weighted by atomic mass is 9.97. The van der Waals surface area contributed by atoms with Crippen LogP contribution in [0.2, 0.25) is 0 Å². The Morgan fingerprint density at radius 3 is 2.21 bits per heavy atom. The quantitative estimate of drug-likeness (QED) is 0.244. The van der Waals surface area contributed by atoms with E-state index >= 15 is 0 Å². The number of ether oxygens (including phenoxy) is 2. The molecule has 8 heteroatoms. The summed E-state index contributed by atoms with van der Waals surface area (Å²) in [5.74, 6) is -3.83. The summed E-state index contributed by atoms with van der Waals surface area (Å²) >= 11 is 0. The smallest absolute Gasteiger partial charge is 0.324 e. The predicted molar refractivity (Wildman–Crippen MR) is 81.1 cm³/mol. The number of nitro groups is 1. The summed E-state index contributed by atoms with van der Waals surface area (Å²) < 4.78 is 9.90. The van der Waals surface area contributed by atoms with Crippen LogP contribution in [0.3, 0.4) is 0 Å². The summed E-state index contributed by atoms with van der Waals surface area (Å²) in [5, 5.41) is 11.2. The zero-order valence-corrected chi connectivity index (χ0v) is 13.3. The fraction of sp³-hybridized carbons (Fsp3) is 0.438. The molecule has 24 heavy (non-hydrogen) atoms. The molecule has 0 radical (unpaired) electrons. The number of carbonyl (C=O) groups excluding carboxylic acids is 3. The van der Waals surface area contributed by atoms with Crippen molar-refractivity contribution >= 4 is 23.9 Å². The van der Waals surface area contributed by atoms with Crippen molar-refractivity contribution in [1.29, 1.82) is 0 Å². The van der Waals surface area contributed by atoms with Crippen LogP contribution in [-0.4, -0.2) is 36.4 Å². The van der Waals surface area contributed by atoms with Crippen LogP contribution in [0, 0.1) is 21.4 Å². The number of nitrogens with zero attached hydrogens (tertiary/aromatic N) is 1. The minimum absolute atomic E-state index is 0.00910. The van der Waals surface area contributed by atoms with Gasteiger partial charge in [0.05, 0.1) is 24.1 Å². The first-order chi connectivity index (χ1) is 11.5. The highest BCUT2D eigenvalue weighted by Gasteiger charge is 2.78. The van der Waals surface area contributed by atoms with Gasteiger partial charge in [0.2, 0.25) is 0 Å². The fourth-order valence-corrected chi connectivity index (χ4v) is 3.07. The molecule has 1 saturated carbocycles. The third-order valence-corrected chi connectivity index (χ3v) is 4.11. The van der Waals surface area contributed by atoms with E-state index in [1.807, 2.05) is 0 Å². The summed E-state index contributed by atoms with van der Waals surface area (Å²) in [7, 11) is 0. The lowest BCUT2D eigenvalue weighted by Gasteiger charge is -2.15. The maximum Gasteiger partial charge on any atom is 0.324 e. The second kappa shape index (κ2) is 6.77. The molecule has 0 unspecified atom stereocenters. The van der Waals surface area contributed by atoms with E-state index in [0.29, 0.717) is 6.29 Å². The van der Waals surface area contributed by atoms with Crippen LogP contribution in [0.4, 0.5) is 5.69 Å². The van der Waals surface area contributed by atoms with Crippen LogP contribution in [0.5, 0.6) is 0 Å². The van der Waals surface area contributed by atoms with Crippen molar-refractivity contribution in [2.45, 2.75) is 19.8 Å². The zero-order valence-electron chi connectivity index (χ0n) is 13.3. The van der Waals surface area contributed by atoms with Crippen LogP contribution in [-0.2, 0) is 23.9 Å². The number of carbonyl (C=O) groups is 3. The number of nitro benzene ring substituents is 1. The highest BCUT2D eigenvalue weighted by Crippen LogP contribution is 2.66. The molecule has 0 aromatic heterocycles. The molecule has 0 aliphatic heterocycles. The molecule has 2 atom stereocenters. The largest absolute Gasteiger partial charge is 0.465 e. The number of hydrogen-bond donors (Lipinski definition) is 0. The Labute approximate surface area is 137 Å². The molecule has 1 aliphatic carbocycles. The molecule has 0 saturated heterocycles. The van der Waals surface area contributed by atoms with E-state index in [0.717, 1.165) is 0 Å². The van der Waals surface area contributed by atoms with Gasteiger partial charge in [0, 0.05) is 17.5 Å². The Morgan fingerprint density at radius 2 is 1.75 bits per heavy atom. The average molecular weight is 335 g/mol. The number of hydrogen-bond acceptors (Lipinski definition) is 7. The van der Waals surface area contributed by atoms with Gasteiger partial charge in [0.25, 0.3) is 5.69 Å². The Morgan fingerprint density at radius 1 is 1.21 bits per heavy atom. The van der Waals surface area contributed by atoms with Crippen LogP contribution >= 0.6 is 0 Å². The van der Waals surface area contributed by atoms with E-state index in [-0.39, 0.29) is 24.5 Å². The second-order valence-corrected chi connectivity index (χ2v) is 5.27. The topological polar surface area (TPSA) is 113 Å². The number of para-hydroxylation sites is 1. The van der Waals surface area contributed by atoms with Gasteiger partial charge in [-0.1, -0.05) is 18.2 Å².